The molecular formula is C14H17N5O. The van der Waals surface area contributed by atoms with Crippen molar-refractivity contribution in [2.24, 2.45) is 7.05 Å². The van der Waals surface area contributed by atoms with Crippen LogP contribution >= 0.6 is 0 Å². The molecule has 104 valence electrons. The lowest BCUT2D eigenvalue weighted by Crippen LogP contribution is -2.25. The van der Waals surface area contributed by atoms with E-state index in [4.69, 9.17) is 5.73 Å². The Balaban J connectivity index is 2.18. The largest absolute Gasteiger partial charge is 0.384 e. The van der Waals surface area contributed by atoms with Gasteiger partial charge < -0.3 is 11.1 Å². The number of carbonyl (C=O) groups excluding carboxylic acids is 1. The van der Waals surface area contributed by atoms with Crippen molar-refractivity contribution in [3.63, 3.8) is 0 Å². The second-order valence-electron chi connectivity index (χ2n) is 5.19. The fourth-order valence-electron chi connectivity index (χ4n) is 2.90. The van der Waals surface area contributed by atoms with Gasteiger partial charge >= 0.3 is 0 Å². The lowest BCUT2D eigenvalue weighted by Gasteiger charge is -2.25. The molecule has 0 spiro atoms. The number of pyridine rings is 1. The molecule has 1 atom stereocenters. The highest BCUT2D eigenvalue weighted by Gasteiger charge is 2.31. The second-order valence-corrected chi connectivity index (χ2v) is 5.19. The molecule has 6 heteroatoms. The maximum Gasteiger partial charge on any atom is 0.226 e. The number of rotatable bonds is 1. The first-order valence-electron chi connectivity index (χ1n) is 6.53. The molecule has 2 aromatic rings. The summed E-state index contributed by atoms with van der Waals surface area (Å²) in [5.41, 5.74) is 9.83. The molecule has 2 aromatic heterocycles. The maximum absolute atomic E-state index is 11.9. The van der Waals surface area contributed by atoms with Crippen LogP contribution in [-0.2, 0) is 11.8 Å². The van der Waals surface area contributed by atoms with Crippen molar-refractivity contribution >= 4 is 17.5 Å². The van der Waals surface area contributed by atoms with Crippen LogP contribution in [0.15, 0.2) is 12.1 Å². The zero-order valence-corrected chi connectivity index (χ0v) is 11.8. The van der Waals surface area contributed by atoms with Crippen LogP contribution < -0.4 is 11.1 Å². The number of carbonyl (C=O) groups is 1. The fraction of sp³-hybridized carbons (Fsp3) is 0.357. The predicted molar refractivity (Wildman–Crippen MR) is 76.4 cm³/mol. The molecule has 6 nitrogen and oxygen atoms in total. The number of anilines is 2. The van der Waals surface area contributed by atoms with Gasteiger partial charge in [0.05, 0.1) is 5.69 Å². The summed E-state index contributed by atoms with van der Waals surface area (Å²) in [6.07, 6.45) is 0.409. The molecule has 0 saturated carbocycles. The van der Waals surface area contributed by atoms with Gasteiger partial charge in [0.2, 0.25) is 5.91 Å². The SMILES string of the molecule is Cc1nn(C)c(C)c1[C@@H]1CC(=O)Nc2nc(N)ccc21. The van der Waals surface area contributed by atoms with Gasteiger partial charge in [0.15, 0.2) is 0 Å². The van der Waals surface area contributed by atoms with E-state index in [1.54, 1.807) is 6.07 Å². The summed E-state index contributed by atoms with van der Waals surface area (Å²) in [6.45, 7) is 3.99. The molecule has 0 saturated heterocycles. The molecule has 0 aromatic carbocycles. The van der Waals surface area contributed by atoms with Gasteiger partial charge in [-0.1, -0.05) is 6.07 Å². The normalized spacial score (nSPS) is 17.8. The number of hydrogen-bond donors (Lipinski definition) is 2. The van der Waals surface area contributed by atoms with Gasteiger partial charge in [-0.05, 0) is 19.9 Å². The lowest BCUT2D eigenvalue weighted by atomic mass is 9.85. The summed E-state index contributed by atoms with van der Waals surface area (Å²) in [4.78, 5) is 16.2. The molecule has 3 heterocycles. The molecule has 3 N–H and O–H groups in total. The van der Waals surface area contributed by atoms with Crippen LogP contribution in [0, 0.1) is 13.8 Å². The Hall–Kier alpha value is -2.37. The molecule has 0 bridgehead atoms. The third kappa shape index (κ3) is 1.84. The summed E-state index contributed by atoms with van der Waals surface area (Å²) in [7, 11) is 1.91. The number of aromatic nitrogens is 3. The molecule has 20 heavy (non-hydrogen) atoms. The minimum atomic E-state index is -0.0387. The molecule has 1 amide bonds. The smallest absolute Gasteiger partial charge is 0.226 e. The first-order valence-corrected chi connectivity index (χ1v) is 6.53. The number of nitrogens with two attached hydrogens (primary N) is 1. The molecule has 1 aliphatic heterocycles. The van der Waals surface area contributed by atoms with Crippen molar-refractivity contribution in [2.45, 2.75) is 26.2 Å². The van der Waals surface area contributed by atoms with Gasteiger partial charge in [-0.25, -0.2) is 4.98 Å². The summed E-state index contributed by atoms with van der Waals surface area (Å²) >= 11 is 0. The number of hydrogen-bond acceptors (Lipinski definition) is 4. The van der Waals surface area contributed by atoms with Gasteiger partial charge in [0.1, 0.15) is 11.6 Å². The van der Waals surface area contributed by atoms with E-state index < -0.39 is 0 Å². The Morgan fingerprint density at radius 1 is 1.40 bits per heavy atom. The van der Waals surface area contributed by atoms with Crippen LogP contribution in [0.2, 0.25) is 0 Å². The number of nitrogens with one attached hydrogen (secondary N) is 1. The summed E-state index contributed by atoms with van der Waals surface area (Å²) in [5, 5.41) is 7.23. The van der Waals surface area contributed by atoms with Crippen LogP contribution in [-0.4, -0.2) is 20.7 Å². The van der Waals surface area contributed by atoms with E-state index in [0.29, 0.717) is 18.1 Å². The molecule has 0 unspecified atom stereocenters. The highest BCUT2D eigenvalue weighted by molar-refractivity contribution is 5.94. The van der Waals surface area contributed by atoms with Crippen LogP contribution in [0.3, 0.4) is 0 Å². The van der Waals surface area contributed by atoms with E-state index >= 15 is 0 Å². The Morgan fingerprint density at radius 3 is 2.80 bits per heavy atom. The Kier molecular flexibility index (Phi) is 2.74. The summed E-state index contributed by atoms with van der Waals surface area (Å²) in [5.74, 6) is 0.919. The van der Waals surface area contributed by atoms with Crippen molar-refractivity contribution in [3.05, 3.63) is 34.6 Å². The van der Waals surface area contributed by atoms with Crippen molar-refractivity contribution < 1.29 is 4.79 Å². The van der Waals surface area contributed by atoms with Gasteiger partial charge in [-0.15, -0.1) is 0 Å². The van der Waals surface area contributed by atoms with Gasteiger partial charge in [0, 0.05) is 36.2 Å². The highest BCUT2D eigenvalue weighted by atomic mass is 16.1. The van der Waals surface area contributed by atoms with Crippen molar-refractivity contribution in [3.8, 4) is 0 Å². The van der Waals surface area contributed by atoms with E-state index in [2.05, 4.69) is 15.4 Å². The summed E-state index contributed by atoms with van der Waals surface area (Å²) in [6, 6.07) is 3.71. The Bertz CT molecular complexity index is 704. The molecule has 1 aliphatic rings. The monoisotopic (exact) mass is 271 g/mol. The van der Waals surface area contributed by atoms with E-state index in [1.807, 2.05) is 31.6 Å². The zero-order valence-electron chi connectivity index (χ0n) is 11.8. The summed E-state index contributed by atoms with van der Waals surface area (Å²) < 4.78 is 1.85. The predicted octanol–water partition coefficient (Wildman–Crippen LogP) is 1.49. The van der Waals surface area contributed by atoms with Crippen molar-refractivity contribution in [2.75, 3.05) is 11.1 Å². The number of amides is 1. The molecule has 0 radical (unpaired) electrons. The van der Waals surface area contributed by atoms with Crippen LogP contribution in [0.1, 0.15) is 34.9 Å². The number of nitrogen functional groups attached to an aromatic ring is 1. The number of aryl methyl sites for hydroxylation is 2. The molecule has 0 aliphatic carbocycles. The molecule has 3 rings (SSSR count). The average Bonchev–Trinajstić information content (AvgIpc) is 2.61. The minimum Gasteiger partial charge on any atom is -0.384 e. The molecular weight excluding hydrogens is 254 g/mol. The van der Waals surface area contributed by atoms with Gasteiger partial charge in [-0.3, -0.25) is 9.48 Å². The highest BCUT2D eigenvalue weighted by Crippen LogP contribution is 2.38. The van der Waals surface area contributed by atoms with Gasteiger partial charge in [0.25, 0.3) is 0 Å². The first-order chi connectivity index (χ1) is 9.47. The average molecular weight is 271 g/mol. The van der Waals surface area contributed by atoms with E-state index in [9.17, 15) is 4.79 Å². The third-order valence-corrected chi connectivity index (χ3v) is 3.88. The van der Waals surface area contributed by atoms with E-state index in [-0.39, 0.29) is 11.8 Å². The standard InChI is InChI=1S/C14H17N5O/c1-7-13(8(2)19(3)18-7)10-6-12(20)17-14-9(10)4-5-11(15)16-14/h4-5,10H,6H2,1-3H3,(H3,15,16,17,20)/t10-/m1/s1. The van der Waals surface area contributed by atoms with Crippen molar-refractivity contribution in [1.29, 1.82) is 0 Å². The Labute approximate surface area is 117 Å². The third-order valence-electron chi connectivity index (χ3n) is 3.88. The van der Waals surface area contributed by atoms with Crippen LogP contribution in [0.4, 0.5) is 11.6 Å². The number of nitrogens with zero attached hydrogens (tertiary/aromatic N) is 3. The topological polar surface area (TPSA) is 85.8 Å². The second kappa shape index (κ2) is 4.33. The number of fused-ring (bicyclic) bond motifs is 1. The lowest BCUT2D eigenvalue weighted by molar-refractivity contribution is -0.116. The Morgan fingerprint density at radius 2 is 2.15 bits per heavy atom. The fourth-order valence-corrected chi connectivity index (χ4v) is 2.90. The first kappa shape index (κ1) is 12.7. The van der Waals surface area contributed by atoms with Crippen LogP contribution in [0.25, 0.3) is 0 Å². The van der Waals surface area contributed by atoms with E-state index in [0.717, 1.165) is 22.5 Å². The zero-order chi connectivity index (χ0) is 14.4. The van der Waals surface area contributed by atoms with E-state index in [1.165, 1.54) is 0 Å². The van der Waals surface area contributed by atoms with Crippen LogP contribution in [0.5, 0.6) is 0 Å². The molecule has 0 fully saturated rings. The van der Waals surface area contributed by atoms with Gasteiger partial charge in [-0.2, -0.15) is 5.10 Å². The minimum absolute atomic E-state index is 0.0134. The van der Waals surface area contributed by atoms with Crippen molar-refractivity contribution in [1.82, 2.24) is 14.8 Å². The maximum atomic E-state index is 11.9. The quantitative estimate of drug-likeness (QED) is 0.822.